The van der Waals surface area contributed by atoms with Gasteiger partial charge in [-0.15, -0.1) is 0 Å². The molecule has 0 fully saturated rings. The van der Waals surface area contributed by atoms with E-state index in [0.29, 0.717) is 0 Å². The minimum atomic E-state index is -0.0143. The summed E-state index contributed by atoms with van der Waals surface area (Å²) in [4.78, 5) is 0. The summed E-state index contributed by atoms with van der Waals surface area (Å²) in [6.45, 7) is 28.4. The molecule has 0 spiro atoms. The minimum absolute atomic E-state index is 0.00426. The van der Waals surface area contributed by atoms with Crippen molar-refractivity contribution in [2.24, 2.45) is 0 Å². The molecule has 0 bridgehead atoms. The summed E-state index contributed by atoms with van der Waals surface area (Å²) >= 11 is 0. The largest absolute Gasteiger partial charge is 0.456 e. The van der Waals surface area contributed by atoms with Crippen LogP contribution in [-0.2, 0) is 32.5 Å². The summed E-state index contributed by atoms with van der Waals surface area (Å²) in [7, 11) is 0. The fraction of sp³-hybridized carbons (Fsp3) is 0.125. The van der Waals surface area contributed by atoms with Crippen LogP contribution in [0, 0.1) is 0 Å². The van der Waals surface area contributed by atoms with Crippen molar-refractivity contribution in [1.29, 1.82) is 0 Å². The molecule has 708 valence electrons. The van der Waals surface area contributed by atoms with Crippen LogP contribution in [0.2, 0.25) is 0 Å². The Morgan fingerprint density at radius 3 is 0.900 bits per heavy atom. The van der Waals surface area contributed by atoms with Gasteiger partial charge in [0.15, 0.2) is 0 Å². The number of hydrogen-bond donors (Lipinski definition) is 0. The Morgan fingerprint density at radius 2 is 0.447 bits per heavy atom. The van der Waals surface area contributed by atoms with Crippen LogP contribution >= 0.6 is 0 Å². The Balaban J connectivity index is 0.0000000852. The number of hydrogen-bond acceptors (Lipinski definition) is 1. The lowest BCUT2D eigenvalue weighted by Gasteiger charge is -2.21. The standard InChI is InChI=1S/C39H26N2.2C36H27N.C33H21NO/c1-39(2)30-17-8-6-13-24(30)28-22-35-29(21-31(28)39)25-15-10-16-27-37-34(41(35)38(25)27)20-19-33-36(37)26-14-7-9-18-32(26)40(33)23-11-4-3-5-12-23;1-35(2)29-15-8-6-11-21(29)25-18-32-27(17-30(25)35)23-13-9-12-22-26-16-24-20-10-5-7-14-28(20)36(3,4)31(24)19-33(26)37(32)34(22)23;1-35(2)27-15-8-6-11-22(27)32-28(35)16-17-30-33(32)23-13-9-12-21-25-18-29-24(19-31(25)37(30)34(21)23)20-10-5-7-14-26(20)36(29,3)4;1-33(2)26-12-5-3-8-18(26)22-16-28-24(15-27(22)33)21-11-7-10-20-23-14-25-19-9-4-6-13-30(19)35-31(25)17-29(23)34(28)32(20)21/h3-22H,1-2H3;2*5-19H,1-4H3;3-17H,1-2H3. The lowest BCUT2D eigenvalue weighted by molar-refractivity contribution is 0.661. The molecule has 6 nitrogen and oxygen atoms in total. The maximum Gasteiger partial charge on any atom is 0.137 e. The highest BCUT2D eigenvalue weighted by Crippen LogP contribution is 2.62. The quantitative estimate of drug-likeness (QED) is 0.161. The molecule has 0 saturated carbocycles. The van der Waals surface area contributed by atoms with Gasteiger partial charge in [0.25, 0.3) is 0 Å². The lowest BCUT2D eigenvalue weighted by Crippen LogP contribution is -2.15. The summed E-state index contributed by atoms with van der Waals surface area (Å²) in [5.74, 6) is 0. The molecule has 31 aromatic rings. The van der Waals surface area contributed by atoms with Crippen LogP contribution < -0.4 is 0 Å². The number of para-hydroxylation sites is 7. The van der Waals surface area contributed by atoms with Gasteiger partial charge in [-0.1, -0.05) is 362 Å². The number of fused-ring (bicyclic) bond motifs is 50. The van der Waals surface area contributed by atoms with E-state index in [2.05, 4.69) is 494 Å². The second-order valence-electron chi connectivity index (χ2n) is 47.1. The van der Waals surface area contributed by atoms with Crippen molar-refractivity contribution in [1.82, 2.24) is 22.2 Å². The molecular weight excluding hydrogens is 1820 g/mol. The second kappa shape index (κ2) is 28.0. The summed E-state index contributed by atoms with van der Waals surface area (Å²) in [5.41, 5.74) is 55.0. The molecule has 10 aromatic heterocycles. The van der Waals surface area contributed by atoms with Crippen molar-refractivity contribution in [2.75, 3.05) is 0 Å². The van der Waals surface area contributed by atoms with Gasteiger partial charge in [-0.2, -0.15) is 0 Å². The normalized spacial score (nSPS) is 15.5. The molecule has 0 radical (unpaired) electrons. The number of benzene rings is 21. The van der Waals surface area contributed by atoms with Crippen molar-refractivity contribution in [3.8, 4) is 72.4 Å². The van der Waals surface area contributed by atoms with Crippen molar-refractivity contribution in [3.05, 3.63) is 461 Å². The Labute approximate surface area is 865 Å². The van der Waals surface area contributed by atoms with E-state index in [-0.39, 0.29) is 32.5 Å². The van der Waals surface area contributed by atoms with E-state index in [1.54, 1.807) is 0 Å². The van der Waals surface area contributed by atoms with E-state index < -0.39 is 0 Å². The number of furan rings is 1. The maximum atomic E-state index is 6.30. The zero-order valence-corrected chi connectivity index (χ0v) is 85.7. The van der Waals surface area contributed by atoms with Crippen LogP contribution in [0.1, 0.15) is 150 Å². The fourth-order valence-corrected chi connectivity index (χ4v) is 30.8. The highest BCUT2D eigenvalue weighted by molar-refractivity contribution is 6.35. The highest BCUT2D eigenvalue weighted by atomic mass is 16.3. The highest BCUT2D eigenvalue weighted by Gasteiger charge is 2.45. The molecule has 6 heteroatoms. The molecule has 150 heavy (non-hydrogen) atoms. The van der Waals surface area contributed by atoms with Crippen molar-refractivity contribution < 1.29 is 4.42 Å². The van der Waals surface area contributed by atoms with Gasteiger partial charge in [-0.3, -0.25) is 0 Å². The predicted molar refractivity (Wildman–Crippen MR) is 631 cm³/mol. The first kappa shape index (κ1) is 83.6. The summed E-state index contributed by atoms with van der Waals surface area (Å²) in [6, 6.07) is 148. The third kappa shape index (κ3) is 10.1. The Kier molecular flexibility index (Phi) is 15.6. The van der Waals surface area contributed by atoms with Crippen LogP contribution in [0.25, 0.3) is 269 Å². The molecule has 37 rings (SSSR count). The SMILES string of the molecule is CC1(C)c2ccccc2-c2cc3c(cc21)c1cccc2c4c5c(ccc4n3c12)C(C)(C)c1ccccc1-5.CC1(C)c2ccccc2-c2cc3c(cc21)c1cccc2c4c5c6ccccc6n(-c6ccccc6)c5ccc4n3c12.CC1(C)c2ccccc2-c2cc3c(cc21)c1cccc2c4cc5c(cc4n3c12)C(C)(C)c1ccccc1-5.CC1(C)c2ccccc2-c2cc3c(cc21)c1cccc2c4cc5c(cc4n3c12)oc1ccccc15. The first-order chi connectivity index (χ1) is 73.0. The molecule has 10 heterocycles. The topological polar surface area (TPSA) is 35.7 Å². The van der Waals surface area contributed by atoms with Gasteiger partial charge in [-0.05, 0) is 243 Å². The van der Waals surface area contributed by atoms with Gasteiger partial charge < -0.3 is 26.6 Å². The van der Waals surface area contributed by atoms with E-state index in [1.807, 2.05) is 6.07 Å². The molecular formula is C144H101N5O. The van der Waals surface area contributed by atoms with Crippen LogP contribution in [0.4, 0.5) is 0 Å². The van der Waals surface area contributed by atoms with E-state index >= 15 is 0 Å². The zero-order chi connectivity index (χ0) is 99.8. The minimum Gasteiger partial charge on any atom is -0.456 e. The van der Waals surface area contributed by atoms with E-state index in [4.69, 9.17) is 4.42 Å². The third-order valence-electron chi connectivity index (χ3n) is 37.8. The number of nitrogens with zero attached hydrogens (tertiary/aromatic N) is 5. The Hall–Kier alpha value is -17.6. The van der Waals surface area contributed by atoms with Gasteiger partial charge >= 0.3 is 0 Å². The third-order valence-corrected chi connectivity index (χ3v) is 37.8. The summed E-state index contributed by atoms with van der Waals surface area (Å²) in [6.07, 6.45) is 0. The molecule has 0 amide bonds. The number of rotatable bonds is 1. The maximum absolute atomic E-state index is 6.30. The van der Waals surface area contributed by atoms with Gasteiger partial charge in [0.2, 0.25) is 0 Å². The average Bonchev–Trinajstić information content (AvgIpc) is 1.29. The molecule has 21 aromatic carbocycles. The zero-order valence-electron chi connectivity index (χ0n) is 85.7. The summed E-state index contributed by atoms with van der Waals surface area (Å²) in [5, 5.41) is 26.5. The molecule has 6 aliphatic rings. The average molecular weight is 1920 g/mol. The van der Waals surface area contributed by atoms with Gasteiger partial charge in [0.05, 0.1) is 77.2 Å². The first-order valence-electron chi connectivity index (χ1n) is 53.5. The van der Waals surface area contributed by atoms with Gasteiger partial charge in [-0.25, -0.2) is 0 Å². The van der Waals surface area contributed by atoms with E-state index in [1.165, 1.54) is 324 Å². The smallest absolute Gasteiger partial charge is 0.137 e. The number of aromatic nitrogens is 5. The monoisotopic (exact) mass is 1920 g/mol. The molecule has 0 saturated heterocycles. The van der Waals surface area contributed by atoms with Gasteiger partial charge in [0, 0.05) is 152 Å². The predicted octanol–water partition coefficient (Wildman–Crippen LogP) is 38.2. The molecule has 6 aliphatic carbocycles. The van der Waals surface area contributed by atoms with Crippen molar-refractivity contribution in [2.45, 2.75) is 116 Å². The molecule has 0 unspecified atom stereocenters. The fourth-order valence-electron chi connectivity index (χ4n) is 30.8. The first-order valence-corrected chi connectivity index (χ1v) is 53.5. The lowest BCUT2D eigenvalue weighted by atomic mass is 9.82. The van der Waals surface area contributed by atoms with Crippen molar-refractivity contribution >= 4 is 196 Å². The molecule has 0 N–H and O–H groups in total. The second-order valence-corrected chi connectivity index (χ2v) is 47.1. The van der Waals surface area contributed by atoms with Gasteiger partial charge in [0.1, 0.15) is 11.2 Å². The Morgan fingerprint density at radius 1 is 0.153 bits per heavy atom. The Bertz CT molecular complexity index is 11600. The van der Waals surface area contributed by atoms with E-state index in [0.717, 1.165) is 11.2 Å². The summed E-state index contributed by atoms with van der Waals surface area (Å²) < 4.78 is 18.8. The van der Waals surface area contributed by atoms with Crippen LogP contribution in [0.5, 0.6) is 0 Å². The van der Waals surface area contributed by atoms with Crippen LogP contribution in [0.15, 0.2) is 399 Å². The van der Waals surface area contributed by atoms with E-state index in [9.17, 15) is 0 Å². The van der Waals surface area contributed by atoms with Crippen molar-refractivity contribution in [3.63, 3.8) is 0 Å². The van der Waals surface area contributed by atoms with Crippen LogP contribution in [-0.4, -0.2) is 22.2 Å². The molecule has 0 atom stereocenters. The van der Waals surface area contributed by atoms with Crippen LogP contribution in [0.3, 0.4) is 0 Å². The molecule has 0 aliphatic heterocycles.